The van der Waals surface area contributed by atoms with Crippen LogP contribution in [0.5, 0.6) is 0 Å². The van der Waals surface area contributed by atoms with Gasteiger partial charge in [-0.15, -0.1) is 0 Å². The van der Waals surface area contributed by atoms with Crippen LogP contribution in [-0.2, 0) is 24.3 Å². The lowest BCUT2D eigenvalue weighted by Crippen LogP contribution is -2.54. The highest BCUT2D eigenvalue weighted by molar-refractivity contribution is 7.89. The molecule has 8 nitrogen and oxygen atoms in total. The van der Waals surface area contributed by atoms with Crippen LogP contribution in [0.25, 0.3) is 0 Å². The van der Waals surface area contributed by atoms with Gasteiger partial charge in [-0.1, -0.05) is 6.07 Å². The first-order chi connectivity index (χ1) is 12.9. The van der Waals surface area contributed by atoms with Crippen molar-refractivity contribution in [3.63, 3.8) is 0 Å². The van der Waals surface area contributed by atoms with Gasteiger partial charge in [0.05, 0.1) is 35.3 Å². The Hall–Kier alpha value is -1.99. The van der Waals surface area contributed by atoms with E-state index in [1.807, 2.05) is 6.07 Å². The third-order valence-electron chi connectivity index (χ3n) is 4.76. The Morgan fingerprint density at radius 2 is 2.11 bits per heavy atom. The van der Waals surface area contributed by atoms with Crippen molar-refractivity contribution >= 4 is 15.9 Å². The molecule has 0 spiro atoms. The summed E-state index contributed by atoms with van der Waals surface area (Å²) in [6.45, 7) is 3.43. The quantitative estimate of drug-likeness (QED) is 0.786. The molecule has 3 rings (SSSR count). The number of hydrogen-bond donors (Lipinski definition) is 1. The predicted molar refractivity (Wildman–Crippen MR) is 96.2 cm³/mol. The van der Waals surface area contributed by atoms with Gasteiger partial charge in [0, 0.05) is 19.7 Å². The normalized spacial score (nSPS) is 24.4. The second-order valence-electron chi connectivity index (χ2n) is 6.73. The number of benzene rings is 1. The zero-order valence-electron chi connectivity index (χ0n) is 15.1. The smallest absolute Gasteiger partial charge is 0.241 e. The molecular weight excluding hydrogens is 370 g/mol. The molecule has 0 bridgehead atoms. The van der Waals surface area contributed by atoms with E-state index in [1.165, 1.54) is 31.2 Å². The summed E-state index contributed by atoms with van der Waals surface area (Å²) in [6.07, 6.45) is 1.70. The summed E-state index contributed by atoms with van der Waals surface area (Å²) in [7, 11) is -3.91. The van der Waals surface area contributed by atoms with Crippen LogP contribution in [0.4, 0.5) is 0 Å². The van der Waals surface area contributed by atoms with Gasteiger partial charge in [0.2, 0.25) is 15.9 Å². The summed E-state index contributed by atoms with van der Waals surface area (Å²) in [5.41, 5.74) is 0.240. The van der Waals surface area contributed by atoms with Gasteiger partial charge in [0.1, 0.15) is 6.10 Å². The van der Waals surface area contributed by atoms with E-state index in [-0.39, 0.29) is 28.6 Å². The van der Waals surface area contributed by atoms with Crippen LogP contribution < -0.4 is 4.72 Å². The van der Waals surface area contributed by atoms with E-state index in [1.54, 1.807) is 4.90 Å². The van der Waals surface area contributed by atoms with E-state index in [0.29, 0.717) is 26.3 Å². The predicted octanol–water partition coefficient (Wildman–Crippen LogP) is 0.631. The van der Waals surface area contributed by atoms with Crippen LogP contribution in [0.15, 0.2) is 29.2 Å². The third kappa shape index (κ3) is 4.65. The van der Waals surface area contributed by atoms with Crippen LogP contribution in [0.2, 0.25) is 0 Å². The SMILES string of the molecule is CC(NS(=O)(=O)c1cccc(C#N)c1)C(=O)N1CCOC(C2CCCO2)C1. The summed E-state index contributed by atoms with van der Waals surface area (Å²) in [4.78, 5) is 14.3. The van der Waals surface area contributed by atoms with Crippen molar-refractivity contribution in [2.45, 2.75) is 42.9 Å². The highest BCUT2D eigenvalue weighted by Crippen LogP contribution is 2.21. The Balaban J connectivity index is 1.65. The number of carbonyl (C=O) groups is 1. The first-order valence-electron chi connectivity index (χ1n) is 8.95. The standard InChI is InChI=1S/C18H23N3O5S/c1-13(20-27(23,24)15-5-2-4-14(10-15)11-19)18(22)21-7-9-26-17(12-21)16-6-3-8-25-16/h2,4-5,10,13,16-17,20H,3,6-9,12H2,1H3. The van der Waals surface area contributed by atoms with Crippen molar-refractivity contribution in [1.29, 1.82) is 5.26 Å². The van der Waals surface area contributed by atoms with Gasteiger partial charge in [0.25, 0.3) is 0 Å². The lowest BCUT2D eigenvalue weighted by molar-refractivity contribution is -0.146. The van der Waals surface area contributed by atoms with E-state index in [4.69, 9.17) is 14.7 Å². The molecule has 2 aliphatic rings. The van der Waals surface area contributed by atoms with E-state index in [0.717, 1.165) is 12.8 Å². The number of hydrogen-bond acceptors (Lipinski definition) is 6. The van der Waals surface area contributed by atoms with Gasteiger partial charge in [-0.05, 0) is 38.0 Å². The Kier molecular flexibility index (Phi) is 6.11. The monoisotopic (exact) mass is 393 g/mol. The van der Waals surface area contributed by atoms with Gasteiger partial charge in [-0.2, -0.15) is 9.98 Å². The Bertz CT molecular complexity index is 830. The second kappa shape index (κ2) is 8.35. The largest absolute Gasteiger partial charge is 0.375 e. The average Bonchev–Trinajstić information content (AvgIpc) is 3.22. The van der Waals surface area contributed by atoms with Gasteiger partial charge >= 0.3 is 0 Å². The Labute approximate surface area is 159 Å². The number of rotatable bonds is 5. The molecule has 0 aliphatic carbocycles. The molecule has 9 heteroatoms. The van der Waals surface area contributed by atoms with E-state index >= 15 is 0 Å². The van der Waals surface area contributed by atoms with E-state index in [9.17, 15) is 13.2 Å². The van der Waals surface area contributed by atoms with Crippen LogP contribution in [0.3, 0.4) is 0 Å². The molecular formula is C18H23N3O5S. The average molecular weight is 393 g/mol. The van der Waals surface area contributed by atoms with Crippen LogP contribution in [0, 0.1) is 11.3 Å². The number of amides is 1. The molecule has 1 amide bonds. The topological polar surface area (TPSA) is 109 Å². The van der Waals surface area contributed by atoms with Gasteiger partial charge in [-0.25, -0.2) is 8.42 Å². The van der Waals surface area contributed by atoms with Crippen LogP contribution in [0.1, 0.15) is 25.3 Å². The number of carbonyl (C=O) groups excluding carboxylic acids is 1. The first kappa shape index (κ1) is 19.8. The number of nitrogens with zero attached hydrogens (tertiary/aromatic N) is 2. The highest BCUT2D eigenvalue weighted by atomic mass is 32.2. The molecule has 2 heterocycles. The Morgan fingerprint density at radius 1 is 1.33 bits per heavy atom. The molecule has 1 N–H and O–H groups in total. The van der Waals surface area contributed by atoms with Crippen LogP contribution in [-0.4, -0.2) is 63.8 Å². The van der Waals surface area contributed by atoms with Crippen molar-refractivity contribution in [2.75, 3.05) is 26.3 Å². The van der Waals surface area contributed by atoms with Gasteiger partial charge in [0.15, 0.2) is 0 Å². The molecule has 0 saturated carbocycles. The van der Waals surface area contributed by atoms with Crippen molar-refractivity contribution in [1.82, 2.24) is 9.62 Å². The molecule has 1 aromatic rings. The lowest BCUT2D eigenvalue weighted by Gasteiger charge is -2.36. The molecule has 2 saturated heterocycles. The molecule has 146 valence electrons. The maximum atomic E-state index is 12.7. The van der Waals surface area contributed by atoms with Crippen molar-refractivity contribution in [2.24, 2.45) is 0 Å². The molecule has 3 unspecified atom stereocenters. The molecule has 1 aromatic carbocycles. The molecule has 3 atom stereocenters. The lowest BCUT2D eigenvalue weighted by atomic mass is 10.1. The zero-order chi connectivity index (χ0) is 19.4. The summed E-state index contributed by atoms with van der Waals surface area (Å²) < 4.78 is 38.8. The minimum Gasteiger partial charge on any atom is -0.375 e. The zero-order valence-corrected chi connectivity index (χ0v) is 15.9. The molecule has 2 aliphatic heterocycles. The highest BCUT2D eigenvalue weighted by Gasteiger charge is 2.35. The minimum absolute atomic E-state index is 0.0127. The minimum atomic E-state index is -3.91. The number of sulfonamides is 1. The summed E-state index contributed by atoms with van der Waals surface area (Å²) in [5, 5.41) is 8.93. The summed E-state index contributed by atoms with van der Waals surface area (Å²) in [6, 6.07) is 6.66. The summed E-state index contributed by atoms with van der Waals surface area (Å²) >= 11 is 0. The van der Waals surface area contributed by atoms with Crippen LogP contribution >= 0.6 is 0 Å². The van der Waals surface area contributed by atoms with Crippen molar-refractivity contribution in [3.8, 4) is 6.07 Å². The first-order valence-corrected chi connectivity index (χ1v) is 10.4. The molecule has 0 radical (unpaired) electrons. The number of nitriles is 1. The van der Waals surface area contributed by atoms with E-state index in [2.05, 4.69) is 4.72 Å². The molecule has 2 fully saturated rings. The second-order valence-corrected chi connectivity index (χ2v) is 8.44. The number of ether oxygens (including phenoxy) is 2. The fraction of sp³-hybridized carbons (Fsp3) is 0.556. The number of nitrogens with one attached hydrogen (secondary N) is 1. The van der Waals surface area contributed by atoms with Gasteiger partial charge in [-0.3, -0.25) is 4.79 Å². The van der Waals surface area contributed by atoms with Crippen molar-refractivity contribution in [3.05, 3.63) is 29.8 Å². The van der Waals surface area contributed by atoms with Gasteiger partial charge < -0.3 is 14.4 Å². The summed E-state index contributed by atoms with van der Waals surface area (Å²) in [5.74, 6) is -0.304. The fourth-order valence-corrected chi connectivity index (χ4v) is 4.60. The third-order valence-corrected chi connectivity index (χ3v) is 6.30. The van der Waals surface area contributed by atoms with E-state index < -0.39 is 16.1 Å². The Morgan fingerprint density at radius 3 is 2.81 bits per heavy atom. The molecule has 27 heavy (non-hydrogen) atoms. The fourth-order valence-electron chi connectivity index (χ4n) is 3.35. The maximum Gasteiger partial charge on any atom is 0.241 e. The maximum absolute atomic E-state index is 12.7. The molecule has 0 aromatic heterocycles. The van der Waals surface area contributed by atoms with Crippen molar-refractivity contribution < 1.29 is 22.7 Å². The number of morpholine rings is 1.